The van der Waals surface area contributed by atoms with Crippen LogP contribution in [-0.4, -0.2) is 17.2 Å². The van der Waals surface area contributed by atoms with E-state index in [2.05, 4.69) is 11.1 Å². The van der Waals surface area contributed by atoms with Gasteiger partial charge >= 0.3 is 0 Å². The molecule has 0 amide bonds. The Kier molecular flexibility index (Phi) is 4.56. The summed E-state index contributed by atoms with van der Waals surface area (Å²) in [4.78, 5) is 4.39. The number of nitriles is 1. The molecule has 0 saturated heterocycles. The zero-order valence-electron chi connectivity index (χ0n) is 12.4. The quantitative estimate of drug-likeness (QED) is 0.936. The molecule has 0 aliphatic heterocycles. The van der Waals surface area contributed by atoms with Crippen molar-refractivity contribution in [2.45, 2.75) is 26.4 Å². The number of aliphatic hydroxyl groups is 1. The van der Waals surface area contributed by atoms with E-state index in [1.54, 1.807) is 31.5 Å². The smallest absolute Gasteiger partial charge is 0.128 e. The van der Waals surface area contributed by atoms with Crippen molar-refractivity contribution in [3.8, 4) is 11.8 Å². The second-order valence-corrected chi connectivity index (χ2v) is 5.00. The summed E-state index contributed by atoms with van der Waals surface area (Å²) in [6, 6.07) is 9.08. The molecule has 21 heavy (non-hydrogen) atoms. The van der Waals surface area contributed by atoms with Crippen LogP contribution in [0.3, 0.4) is 0 Å². The number of hydrogen-bond acceptors (Lipinski definition) is 4. The Labute approximate surface area is 124 Å². The van der Waals surface area contributed by atoms with Gasteiger partial charge in [-0.05, 0) is 31.5 Å². The van der Waals surface area contributed by atoms with E-state index in [0.29, 0.717) is 12.0 Å². The third-order valence-corrected chi connectivity index (χ3v) is 3.54. The highest BCUT2D eigenvalue weighted by Gasteiger charge is 2.15. The van der Waals surface area contributed by atoms with E-state index in [9.17, 15) is 5.11 Å². The summed E-state index contributed by atoms with van der Waals surface area (Å²) in [6.07, 6.45) is 1.44. The molecule has 1 aromatic heterocycles. The molecule has 108 valence electrons. The van der Waals surface area contributed by atoms with Gasteiger partial charge in [-0.3, -0.25) is 4.98 Å². The topological polar surface area (TPSA) is 66.1 Å². The van der Waals surface area contributed by atoms with E-state index in [1.807, 2.05) is 19.9 Å². The molecule has 0 fully saturated rings. The number of nitrogens with zero attached hydrogens (tertiary/aromatic N) is 2. The van der Waals surface area contributed by atoms with Gasteiger partial charge in [0.15, 0.2) is 0 Å². The van der Waals surface area contributed by atoms with Crippen LogP contribution in [0.1, 0.15) is 34.1 Å². The molecule has 1 aromatic carbocycles. The standard InChI is InChI=1S/C17H18N2O2/c1-11-10-19-15(12(2)17(11)21-3)8-16(20)14-6-4-5-13(7-14)9-18/h4-7,10,16,20H,8H2,1-3H3. The third kappa shape index (κ3) is 3.21. The van der Waals surface area contributed by atoms with Gasteiger partial charge < -0.3 is 9.84 Å². The summed E-state index contributed by atoms with van der Waals surface area (Å²) in [5, 5.41) is 19.3. The SMILES string of the molecule is COc1c(C)cnc(CC(O)c2cccc(C#N)c2)c1C. The first-order chi connectivity index (χ1) is 10.1. The van der Waals surface area contributed by atoms with Gasteiger partial charge in [-0.2, -0.15) is 5.26 Å². The molecule has 2 rings (SSSR count). The lowest BCUT2D eigenvalue weighted by molar-refractivity contribution is 0.177. The lowest BCUT2D eigenvalue weighted by atomic mass is 10.00. The third-order valence-electron chi connectivity index (χ3n) is 3.54. The minimum atomic E-state index is -0.697. The molecule has 1 unspecified atom stereocenters. The molecular formula is C17H18N2O2. The number of aryl methyl sites for hydroxylation is 1. The molecule has 1 N–H and O–H groups in total. The highest BCUT2D eigenvalue weighted by atomic mass is 16.5. The normalized spacial score (nSPS) is 11.8. The predicted molar refractivity (Wildman–Crippen MR) is 80.1 cm³/mol. The molecule has 0 aliphatic rings. The lowest BCUT2D eigenvalue weighted by Gasteiger charge is -2.15. The second-order valence-electron chi connectivity index (χ2n) is 5.00. The van der Waals surface area contributed by atoms with Gasteiger partial charge in [-0.25, -0.2) is 0 Å². The first kappa shape index (κ1) is 15.0. The number of aliphatic hydroxyl groups excluding tert-OH is 1. The van der Waals surface area contributed by atoms with Crippen LogP contribution < -0.4 is 4.74 Å². The average molecular weight is 282 g/mol. The summed E-state index contributed by atoms with van der Waals surface area (Å²) < 4.78 is 5.38. The monoisotopic (exact) mass is 282 g/mol. The zero-order valence-corrected chi connectivity index (χ0v) is 12.4. The minimum absolute atomic E-state index is 0.386. The summed E-state index contributed by atoms with van der Waals surface area (Å²) in [5.41, 5.74) is 3.97. The van der Waals surface area contributed by atoms with E-state index in [4.69, 9.17) is 10.00 Å². The van der Waals surface area contributed by atoms with Crippen LogP contribution in [0.4, 0.5) is 0 Å². The van der Waals surface area contributed by atoms with E-state index < -0.39 is 6.10 Å². The molecule has 0 radical (unpaired) electrons. The van der Waals surface area contributed by atoms with Crippen LogP contribution >= 0.6 is 0 Å². The molecule has 4 nitrogen and oxygen atoms in total. The Morgan fingerprint density at radius 2 is 2.14 bits per heavy atom. The van der Waals surface area contributed by atoms with E-state index in [-0.39, 0.29) is 0 Å². The first-order valence-electron chi connectivity index (χ1n) is 6.74. The molecule has 0 bridgehead atoms. The van der Waals surface area contributed by atoms with Crippen LogP contribution in [0, 0.1) is 25.2 Å². The van der Waals surface area contributed by atoms with Crippen molar-refractivity contribution in [3.63, 3.8) is 0 Å². The molecule has 2 aromatic rings. The Morgan fingerprint density at radius 1 is 1.38 bits per heavy atom. The molecule has 1 atom stereocenters. The molecule has 4 heteroatoms. The van der Waals surface area contributed by atoms with Crippen molar-refractivity contribution in [3.05, 3.63) is 58.4 Å². The summed E-state index contributed by atoms with van der Waals surface area (Å²) in [6.45, 7) is 3.88. The van der Waals surface area contributed by atoms with E-state index >= 15 is 0 Å². The van der Waals surface area contributed by atoms with Gasteiger partial charge in [0.25, 0.3) is 0 Å². The van der Waals surface area contributed by atoms with Gasteiger partial charge in [-0.1, -0.05) is 12.1 Å². The van der Waals surface area contributed by atoms with Crippen molar-refractivity contribution in [1.82, 2.24) is 4.98 Å². The van der Waals surface area contributed by atoms with Gasteiger partial charge in [0.1, 0.15) is 5.75 Å². The van der Waals surface area contributed by atoms with Crippen molar-refractivity contribution >= 4 is 0 Å². The lowest BCUT2D eigenvalue weighted by Crippen LogP contribution is -2.07. The van der Waals surface area contributed by atoms with Crippen LogP contribution in [-0.2, 0) is 6.42 Å². The number of hydrogen-bond donors (Lipinski definition) is 1. The minimum Gasteiger partial charge on any atom is -0.496 e. The van der Waals surface area contributed by atoms with Crippen molar-refractivity contribution in [1.29, 1.82) is 5.26 Å². The molecule has 0 aliphatic carbocycles. The fourth-order valence-electron chi connectivity index (χ4n) is 2.39. The van der Waals surface area contributed by atoms with E-state index in [0.717, 1.165) is 28.1 Å². The maximum Gasteiger partial charge on any atom is 0.128 e. The average Bonchev–Trinajstić information content (AvgIpc) is 2.50. The Bertz CT molecular complexity index is 690. The maximum absolute atomic E-state index is 10.4. The Morgan fingerprint density at radius 3 is 2.81 bits per heavy atom. The Balaban J connectivity index is 2.27. The number of ether oxygens (including phenoxy) is 1. The fraction of sp³-hybridized carbons (Fsp3) is 0.294. The van der Waals surface area contributed by atoms with Crippen LogP contribution in [0.25, 0.3) is 0 Å². The largest absolute Gasteiger partial charge is 0.496 e. The molecule has 1 heterocycles. The Hall–Kier alpha value is -2.38. The van der Waals surface area contributed by atoms with Gasteiger partial charge in [0.2, 0.25) is 0 Å². The maximum atomic E-state index is 10.4. The first-order valence-corrected chi connectivity index (χ1v) is 6.74. The van der Waals surface area contributed by atoms with Crippen molar-refractivity contribution < 1.29 is 9.84 Å². The summed E-state index contributed by atoms with van der Waals surface area (Å²) >= 11 is 0. The van der Waals surface area contributed by atoms with E-state index in [1.165, 1.54) is 0 Å². The van der Waals surface area contributed by atoms with Crippen LogP contribution in [0.15, 0.2) is 30.5 Å². The number of pyridine rings is 1. The van der Waals surface area contributed by atoms with Crippen LogP contribution in [0.5, 0.6) is 5.75 Å². The zero-order chi connectivity index (χ0) is 15.4. The molecular weight excluding hydrogens is 264 g/mol. The highest BCUT2D eigenvalue weighted by Crippen LogP contribution is 2.27. The summed E-state index contributed by atoms with van der Waals surface area (Å²) in [7, 11) is 1.63. The van der Waals surface area contributed by atoms with Gasteiger partial charge in [-0.15, -0.1) is 0 Å². The number of rotatable bonds is 4. The second kappa shape index (κ2) is 6.38. The van der Waals surface area contributed by atoms with Crippen molar-refractivity contribution in [2.24, 2.45) is 0 Å². The highest BCUT2D eigenvalue weighted by molar-refractivity contribution is 5.42. The number of benzene rings is 1. The number of methoxy groups -OCH3 is 1. The fourth-order valence-corrected chi connectivity index (χ4v) is 2.39. The predicted octanol–water partition coefficient (Wildman–Crippen LogP) is 2.85. The molecule has 0 spiro atoms. The van der Waals surface area contributed by atoms with Gasteiger partial charge in [0, 0.05) is 29.4 Å². The van der Waals surface area contributed by atoms with Crippen molar-refractivity contribution in [2.75, 3.05) is 7.11 Å². The van der Waals surface area contributed by atoms with Gasteiger partial charge in [0.05, 0.1) is 24.8 Å². The van der Waals surface area contributed by atoms with Crippen LogP contribution in [0.2, 0.25) is 0 Å². The summed E-state index contributed by atoms with van der Waals surface area (Å²) in [5.74, 6) is 0.804. The number of aromatic nitrogens is 1. The molecule has 0 saturated carbocycles.